The topological polar surface area (TPSA) is 0 Å². The Kier molecular flexibility index (Phi) is 3.54. The molecule has 0 saturated carbocycles. The van der Waals surface area contributed by atoms with Gasteiger partial charge in [0, 0.05) is 10.6 Å². The van der Waals surface area contributed by atoms with E-state index in [-0.39, 0.29) is 5.88 Å². The second-order valence-corrected chi connectivity index (χ2v) is 4.48. The minimum absolute atomic E-state index is 0.111. The smallest absolute Gasteiger partial charge is 0.123 e. The van der Waals surface area contributed by atoms with E-state index in [0.29, 0.717) is 10.6 Å². The van der Waals surface area contributed by atoms with Gasteiger partial charge in [-0.2, -0.15) is 0 Å². The summed E-state index contributed by atoms with van der Waals surface area (Å²) in [6.07, 6.45) is 0. The molecule has 0 atom stereocenters. The van der Waals surface area contributed by atoms with E-state index in [1.54, 1.807) is 12.1 Å². The third kappa shape index (κ3) is 2.20. The second kappa shape index (κ2) is 4.06. The third-order valence-corrected chi connectivity index (χ3v) is 3.11. The predicted octanol–water partition coefficient (Wildman–Crippen LogP) is 4.21. The molecular weight excluding hydrogens is 238 g/mol. The summed E-state index contributed by atoms with van der Waals surface area (Å²) in [6.45, 7) is 0. The van der Waals surface area contributed by atoms with Gasteiger partial charge in [-0.25, -0.2) is 0 Å². The van der Waals surface area contributed by atoms with Crippen molar-refractivity contribution in [3.8, 4) is 0 Å². The van der Waals surface area contributed by atoms with Crippen molar-refractivity contribution in [1.29, 1.82) is 0 Å². The molecule has 0 aliphatic rings. The van der Waals surface area contributed by atoms with Gasteiger partial charge >= 0.3 is 0 Å². The van der Waals surface area contributed by atoms with Gasteiger partial charge in [-0.05, 0) is 6.07 Å². The van der Waals surface area contributed by atoms with Gasteiger partial charge in [0.2, 0.25) is 0 Å². The number of hydrogen-bond acceptors (Lipinski definition) is 0. The molecule has 0 heterocycles. The quantitative estimate of drug-likeness (QED) is 0.683. The fourth-order valence-electron chi connectivity index (χ4n) is 0.830. The van der Waals surface area contributed by atoms with Crippen molar-refractivity contribution in [2.24, 2.45) is 0 Å². The predicted molar refractivity (Wildman–Crippen MR) is 55.6 cm³/mol. The van der Waals surface area contributed by atoms with Gasteiger partial charge in [-0.15, -0.1) is 11.6 Å². The normalized spacial score (nSPS) is 11.7. The average molecular weight is 244 g/mol. The molecule has 0 nitrogen and oxygen atoms in total. The summed E-state index contributed by atoms with van der Waals surface area (Å²) in [5.74, 6) is 0.111. The van der Waals surface area contributed by atoms with Crippen molar-refractivity contribution in [3.63, 3.8) is 0 Å². The first-order valence-corrected chi connectivity index (χ1v) is 4.93. The Balaban J connectivity index is 3.10. The molecule has 1 rings (SSSR count). The maximum atomic E-state index is 5.90. The molecule has 0 fully saturated rings. The minimum atomic E-state index is -1.10. The van der Waals surface area contributed by atoms with E-state index in [1.165, 1.54) is 0 Å². The zero-order valence-electron chi connectivity index (χ0n) is 6.03. The molecule has 1 aromatic carbocycles. The van der Waals surface area contributed by atoms with E-state index in [0.717, 1.165) is 0 Å². The highest BCUT2D eigenvalue weighted by atomic mass is 35.5. The lowest BCUT2D eigenvalue weighted by molar-refractivity contribution is 0.987. The van der Waals surface area contributed by atoms with Crippen LogP contribution < -0.4 is 0 Å². The zero-order valence-corrected chi connectivity index (χ0v) is 9.05. The summed E-state index contributed by atoms with van der Waals surface area (Å²) < 4.78 is -1.10. The first-order chi connectivity index (χ1) is 5.58. The van der Waals surface area contributed by atoms with Crippen LogP contribution in [0.25, 0.3) is 0 Å². The highest BCUT2D eigenvalue weighted by molar-refractivity contribution is 6.52. The first kappa shape index (κ1) is 10.5. The number of alkyl halides is 3. The van der Waals surface area contributed by atoms with Gasteiger partial charge in [0.05, 0.1) is 5.88 Å². The van der Waals surface area contributed by atoms with E-state index in [1.807, 2.05) is 12.1 Å². The number of halogens is 4. The summed E-state index contributed by atoms with van der Waals surface area (Å²) in [5.41, 5.74) is 0.644. The van der Waals surface area contributed by atoms with Crippen molar-refractivity contribution in [2.75, 3.05) is 5.88 Å². The van der Waals surface area contributed by atoms with Crippen molar-refractivity contribution < 1.29 is 0 Å². The molecule has 0 radical (unpaired) electrons. The second-order valence-electron chi connectivity index (χ2n) is 2.32. The lowest BCUT2D eigenvalue weighted by Crippen LogP contribution is -2.12. The fraction of sp³-hybridized carbons (Fsp3) is 0.250. The van der Waals surface area contributed by atoms with E-state index in [4.69, 9.17) is 46.4 Å². The van der Waals surface area contributed by atoms with Crippen LogP contribution in [-0.2, 0) is 4.33 Å². The monoisotopic (exact) mass is 242 g/mol. The Hall–Kier alpha value is 0.380. The van der Waals surface area contributed by atoms with Crippen LogP contribution in [-0.4, -0.2) is 5.88 Å². The van der Waals surface area contributed by atoms with Gasteiger partial charge in [0.25, 0.3) is 0 Å². The van der Waals surface area contributed by atoms with Gasteiger partial charge in [0.1, 0.15) is 0 Å². The lowest BCUT2D eigenvalue weighted by Gasteiger charge is -2.17. The maximum Gasteiger partial charge on any atom is 0.158 e. The summed E-state index contributed by atoms with van der Waals surface area (Å²) in [6, 6.07) is 7.10. The molecule has 0 aliphatic carbocycles. The molecule has 0 amide bonds. The standard InChI is InChI=1S/C8H6Cl4/c9-5-8(11,12)6-3-1-2-4-7(6)10/h1-4H,5H2. The lowest BCUT2D eigenvalue weighted by atomic mass is 10.1. The van der Waals surface area contributed by atoms with E-state index >= 15 is 0 Å². The average Bonchev–Trinajstić information content (AvgIpc) is 2.05. The van der Waals surface area contributed by atoms with Crippen molar-refractivity contribution in [3.05, 3.63) is 34.9 Å². The minimum Gasteiger partial charge on any atom is -0.123 e. The van der Waals surface area contributed by atoms with Crippen molar-refractivity contribution in [1.82, 2.24) is 0 Å². The van der Waals surface area contributed by atoms with Crippen LogP contribution in [0.15, 0.2) is 24.3 Å². The molecule has 0 spiro atoms. The molecule has 4 heteroatoms. The van der Waals surface area contributed by atoms with Crippen molar-refractivity contribution in [2.45, 2.75) is 4.33 Å². The third-order valence-electron chi connectivity index (χ3n) is 1.44. The maximum absolute atomic E-state index is 5.90. The Morgan fingerprint density at radius 2 is 1.75 bits per heavy atom. The van der Waals surface area contributed by atoms with Gasteiger partial charge < -0.3 is 0 Å². The molecule has 12 heavy (non-hydrogen) atoms. The van der Waals surface area contributed by atoms with Crippen LogP contribution >= 0.6 is 46.4 Å². The molecule has 0 aromatic heterocycles. The van der Waals surface area contributed by atoms with E-state index in [9.17, 15) is 0 Å². The van der Waals surface area contributed by atoms with E-state index < -0.39 is 4.33 Å². The Morgan fingerprint density at radius 3 is 2.25 bits per heavy atom. The summed E-state index contributed by atoms with van der Waals surface area (Å²) in [4.78, 5) is 0. The molecule has 0 bridgehead atoms. The molecule has 0 unspecified atom stereocenters. The van der Waals surface area contributed by atoms with Gasteiger partial charge in [-0.1, -0.05) is 53.0 Å². The van der Waals surface area contributed by atoms with Crippen molar-refractivity contribution >= 4 is 46.4 Å². The Morgan fingerprint density at radius 1 is 1.17 bits per heavy atom. The van der Waals surface area contributed by atoms with Gasteiger partial charge in [-0.3, -0.25) is 0 Å². The Bertz CT molecular complexity index is 270. The fourth-order valence-corrected chi connectivity index (χ4v) is 1.70. The molecule has 0 saturated heterocycles. The van der Waals surface area contributed by atoms with Crippen LogP contribution in [0.1, 0.15) is 5.56 Å². The molecule has 1 aromatic rings. The summed E-state index contributed by atoms with van der Waals surface area (Å²) in [7, 11) is 0. The molecule has 66 valence electrons. The number of hydrogen-bond donors (Lipinski definition) is 0. The summed E-state index contributed by atoms with van der Waals surface area (Å²) >= 11 is 23.2. The molecule has 0 N–H and O–H groups in total. The van der Waals surface area contributed by atoms with Crippen LogP contribution in [0.2, 0.25) is 5.02 Å². The SMILES string of the molecule is ClCC(Cl)(Cl)c1ccccc1Cl. The number of benzene rings is 1. The van der Waals surface area contributed by atoms with Crippen LogP contribution in [0.5, 0.6) is 0 Å². The van der Waals surface area contributed by atoms with Crippen LogP contribution in [0.4, 0.5) is 0 Å². The van der Waals surface area contributed by atoms with Crippen LogP contribution in [0, 0.1) is 0 Å². The number of rotatable bonds is 2. The largest absolute Gasteiger partial charge is 0.158 e. The first-order valence-electron chi connectivity index (χ1n) is 3.27. The van der Waals surface area contributed by atoms with E-state index in [2.05, 4.69) is 0 Å². The van der Waals surface area contributed by atoms with Gasteiger partial charge in [0.15, 0.2) is 4.33 Å². The molecular formula is C8H6Cl4. The Labute approximate surface area is 91.4 Å². The van der Waals surface area contributed by atoms with Crippen LogP contribution in [0.3, 0.4) is 0 Å². The highest BCUT2D eigenvalue weighted by Gasteiger charge is 2.27. The molecule has 0 aliphatic heterocycles. The highest BCUT2D eigenvalue weighted by Crippen LogP contribution is 2.38. The summed E-state index contributed by atoms with van der Waals surface area (Å²) in [5, 5.41) is 0.531. The zero-order chi connectivity index (χ0) is 9.19.